The SMILES string of the molecule is CC1C2=C3C4C(OC(=O)N4CCC3C3(C=CC4=C3C(=O)CCN4)C1C)C2O. The first-order valence-electron chi connectivity index (χ1n) is 10.1. The molecule has 142 valence electrons. The molecule has 0 aromatic rings. The molecule has 3 aliphatic carbocycles. The van der Waals surface area contributed by atoms with Crippen LogP contribution in [0.4, 0.5) is 4.79 Å². The highest BCUT2D eigenvalue weighted by Crippen LogP contribution is 2.65. The van der Waals surface area contributed by atoms with Crippen LogP contribution in [0.25, 0.3) is 0 Å². The number of hydrogen-bond donors (Lipinski definition) is 2. The third kappa shape index (κ3) is 1.59. The molecule has 2 fully saturated rings. The maximum Gasteiger partial charge on any atom is 0.410 e. The fraction of sp³-hybridized carbons (Fsp3) is 0.619. The van der Waals surface area contributed by atoms with Crippen LogP contribution in [0.3, 0.4) is 0 Å². The fourth-order valence-electron chi connectivity index (χ4n) is 7.00. The van der Waals surface area contributed by atoms with Gasteiger partial charge in [-0.3, -0.25) is 9.69 Å². The summed E-state index contributed by atoms with van der Waals surface area (Å²) in [6, 6.07) is -0.169. The Labute approximate surface area is 157 Å². The first-order chi connectivity index (χ1) is 13.0. The minimum atomic E-state index is -0.728. The van der Waals surface area contributed by atoms with Gasteiger partial charge in [-0.2, -0.15) is 0 Å². The van der Waals surface area contributed by atoms with Crippen LogP contribution in [0.15, 0.2) is 34.6 Å². The number of nitrogens with one attached hydrogen (secondary N) is 1. The van der Waals surface area contributed by atoms with Gasteiger partial charge in [0, 0.05) is 36.2 Å². The van der Waals surface area contributed by atoms with Crippen LogP contribution in [0.1, 0.15) is 26.7 Å². The van der Waals surface area contributed by atoms with Gasteiger partial charge in [0.25, 0.3) is 0 Å². The minimum absolute atomic E-state index is 0.127. The van der Waals surface area contributed by atoms with E-state index in [1.165, 1.54) is 5.57 Å². The lowest BCUT2D eigenvalue weighted by Gasteiger charge is -2.54. The molecule has 2 N–H and O–H groups in total. The molecule has 0 radical (unpaired) electrons. The first kappa shape index (κ1) is 15.9. The van der Waals surface area contributed by atoms with Crippen molar-refractivity contribution in [1.29, 1.82) is 0 Å². The van der Waals surface area contributed by atoms with Gasteiger partial charge in [0.05, 0.1) is 6.04 Å². The Morgan fingerprint density at radius 3 is 2.93 bits per heavy atom. The summed E-state index contributed by atoms with van der Waals surface area (Å²) in [4.78, 5) is 27.1. The second-order valence-electron chi connectivity index (χ2n) is 8.92. The summed E-state index contributed by atoms with van der Waals surface area (Å²) < 4.78 is 5.57. The Balaban J connectivity index is 1.58. The van der Waals surface area contributed by atoms with E-state index < -0.39 is 12.2 Å². The van der Waals surface area contributed by atoms with E-state index in [9.17, 15) is 14.7 Å². The van der Waals surface area contributed by atoms with Crippen LogP contribution in [0.2, 0.25) is 0 Å². The molecule has 6 aliphatic rings. The number of carbonyl (C=O) groups excluding carboxylic acids is 2. The van der Waals surface area contributed by atoms with Crippen molar-refractivity contribution in [3.05, 3.63) is 34.6 Å². The van der Waals surface area contributed by atoms with Crippen molar-refractivity contribution in [2.45, 2.75) is 44.9 Å². The minimum Gasteiger partial charge on any atom is -0.440 e. The standard InChI is InChI=1S/C21H24N2O4/c1-9-10(2)21(6-3-12-16(21)13(24)4-7-22-12)11-5-8-23-17-15(11)14(9)18(25)19(17)27-20(23)26/h3,6,9-11,17-19,22,25H,4-5,7-8H2,1-2H3. The van der Waals surface area contributed by atoms with Crippen molar-refractivity contribution >= 4 is 11.9 Å². The number of nitrogens with zero attached hydrogens (tertiary/aromatic N) is 1. The van der Waals surface area contributed by atoms with Gasteiger partial charge in [-0.25, -0.2) is 4.79 Å². The molecule has 6 rings (SSSR count). The maximum absolute atomic E-state index is 13.0. The average Bonchev–Trinajstić information content (AvgIpc) is 3.29. The van der Waals surface area contributed by atoms with Crippen LogP contribution in [-0.4, -0.2) is 53.2 Å². The first-order valence-corrected chi connectivity index (χ1v) is 10.1. The molecule has 27 heavy (non-hydrogen) atoms. The Morgan fingerprint density at radius 2 is 2.11 bits per heavy atom. The number of piperidine rings is 1. The van der Waals surface area contributed by atoms with E-state index in [-0.39, 0.29) is 41.1 Å². The molecule has 0 saturated carbocycles. The molecule has 1 amide bonds. The maximum atomic E-state index is 13.0. The molecule has 0 aromatic heterocycles. The summed E-state index contributed by atoms with van der Waals surface area (Å²) in [7, 11) is 0. The number of Topliss-reactive ketones (excluding diaryl/α,β-unsaturated/α-hetero) is 1. The molecule has 6 nitrogen and oxygen atoms in total. The number of aliphatic hydroxyl groups is 1. The third-order valence-corrected chi connectivity index (χ3v) is 8.18. The number of ketones is 1. The summed E-state index contributed by atoms with van der Waals surface area (Å²) in [5, 5.41) is 14.4. The van der Waals surface area contributed by atoms with Crippen LogP contribution in [0.5, 0.6) is 0 Å². The van der Waals surface area contributed by atoms with Crippen LogP contribution < -0.4 is 5.32 Å². The van der Waals surface area contributed by atoms with E-state index in [0.29, 0.717) is 19.5 Å². The van der Waals surface area contributed by atoms with Gasteiger partial charge in [0.2, 0.25) is 0 Å². The molecule has 1 spiro atoms. The van der Waals surface area contributed by atoms with Crippen LogP contribution in [0, 0.1) is 23.2 Å². The van der Waals surface area contributed by atoms with E-state index in [4.69, 9.17) is 4.74 Å². The zero-order valence-electron chi connectivity index (χ0n) is 15.6. The van der Waals surface area contributed by atoms with E-state index >= 15 is 0 Å². The second kappa shape index (κ2) is 4.85. The summed E-state index contributed by atoms with van der Waals surface area (Å²) >= 11 is 0. The van der Waals surface area contributed by atoms with Crippen molar-refractivity contribution < 1.29 is 19.4 Å². The normalized spacial score (nSPS) is 46.9. The number of aliphatic hydroxyl groups excluding tert-OH is 1. The quantitative estimate of drug-likeness (QED) is 0.634. The van der Waals surface area contributed by atoms with E-state index in [1.807, 2.05) is 0 Å². The van der Waals surface area contributed by atoms with E-state index in [1.54, 1.807) is 4.90 Å². The van der Waals surface area contributed by atoms with Gasteiger partial charge in [-0.05, 0) is 41.4 Å². The predicted molar refractivity (Wildman–Crippen MR) is 96.5 cm³/mol. The highest BCUT2D eigenvalue weighted by Gasteiger charge is 2.66. The largest absolute Gasteiger partial charge is 0.440 e. The Bertz CT molecular complexity index is 887. The van der Waals surface area contributed by atoms with Gasteiger partial charge in [0.1, 0.15) is 6.10 Å². The monoisotopic (exact) mass is 368 g/mol. The van der Waals surface area contributed by atoms with Crippen LogP contribution in [-0.2, 0) is 9.53 Å². The Morgan fingerprint density at radius 1 is 1.30 bits per heavy atom. The van der Waals surface area contributed by atoms with Crippen molar-refractivity contribution in [2.75, 3.05) is 13.1 Å². The molecule has 7 unspecified atom stereocenters. The lowest BCUT2D eigenvalue weighted by molar-refractivity contribution is -0.117. The number of fused-ring (bicyclic) bond motifs is 2. The average molecular weight is 368 g/mol. The molecule has 0 aromatic carbocycles. The highest BCUT2D eigenvalue weighted by molar-refractivity contribution is 6.00. The summed E-state index contributed by atoms with van der Waals surface area (Å²) in [6.45, 7) is 5.69. The highest BCUT2D eigenvalue weighted by atomic mass is 16.6. The van der Waals surface area contributed by atoms with Crippen LogP contribution >= 0.6 is 0 Å². The summed E-state index contributed by atoms with van der Waals surface area (Å²) in [6.07, 6.45) is 4.14. The molecule has 6 heteroatoms. The molecule has 0 bridgehead atoms. The van der Waals surface area contributed by atoms with Crippen molar-refractivity contribution in [3.63, 3.8) is 0 Å². The molecule has 2 saturated heterocycles. The van der Waals surface area contributed by atoms with Crippen molar-refractivity contribution in [1.82, 2.24) is 10.2 Å². The molecular formula is C21H24N2O4. The van der Waals surface area contributed by atoms with E-state index in [0.717, 1.165) is 23.3 Å². The Kier molecular flexibility index (Phi) is 2.86. The van der Waals surface area contributed by atoms with Gasteiger partial charge in [-0.1, -0.05) is 19.9 Å². The van der Waals surface area contributed by atoms with Gasteiger partial charge >= 0.3 is 6.09 Å². The van der Waals surface area contributed by atoms with Gasteiger partial charge < -0.3 is 15.2 Å². The summed E-state index contributed by atoms with van der Waals surface area (Å²) in [5.41, 5.74) is 3.80. The number of allylic oxidation sites excluding steroid dienone is 3. The lowest BCUT2D eigenvalue weighted by atomic mass is 9.51. The van der Waals surface area contributed by atoms with Crippen molar-refractivity contribution in [3.8, 4) is 0 Å². The Hall–Kier alpha value is -2.08. The third-order valence-electron chi connectivity index (χ3n) is 8.18. The smallest absolute Gasteiger partial charge is 0.410 e. The number of carbonyl (C=O) groups is 2. The van der Waals surface area contributed by atoms with Gasteiger partial charge in [0.15, 0.2) is 11.9 Å². The summed E-state index contributed by atoms with van der Waals surface area (Å²) in [5.74, 6) is 0.709. The number of amides is 1. The lowest BCUT2D eigenvalue weighted by Crippen LogP contribution is -2.54. The van der Waals surface area contributed by atoms with E-state index in [2.05, 4.69) is 31.3 Å². The molecular weight excluding hydrogens is 344 g/mol. The molecule has 3 heterocycles. The molecule has 3 aliphatic heterocycles. The van der Waals surface area contributed by atoms with Crippen molar-refractivity contribution in [2.24, 2.45) is 23.2 Å². The fourth-order valence-corrected chi connectivity index (χ4v) is 7.00. The molecule has 7 atom stereocenters. The number of ether oxygens (including phenoxy) is 1. The predicted octanol–water partition coefficient (Wildman–Crippen LogP) is 1.53. The van der Waals surface area contributed by atoms with Gasteiger partial charge in [-0.15, -0.1) is 0 Å². The second-order valence-corrected chi connectivity index (χ2v) is 8.92. The zero-order valence-corrected chi connectivity index (χ0v) is 15.6. The number of rotatable bonds is 0. The topological polar surface area (TPSA) is 78.9 Å². The zero-order chi connectivity index (χ0) is 18.7. The number of hydrogen-bond acceptors (Lipinski definition) is 5.